The molecule has 0 bridgehead atoms. The molecule has 142 valence electrons. The third-order valence-electron chi connectivity index (χ3n) is 3.81. The number of carbonyl (C=O) groups is 2. The van der Waals surface area contributed by atoms with Crippen molar-refractivity contribution in [1.29, 1.82) is 0 Å². The third kappa shape index (κ3) is 4.29. The van der Waals surface area contributed by atoms with Crippen molar-refractivity contribution in [3.63, 3.8) is 0 Å². The molecule has 0 atom stereocenters. The third-order valence-corrected chi connectivity index (χ3v) is 3.81. The summed E-state index contributed by atoms with van der Waals surface area (Å²) in [6.07, 6.45) is 2.99. The number of ether oxygens (including phenoxy) is 1. The average Bonchev–Trinajstić information content (AvgIpc) is 2.71. The molecule has 0 spiro atoms. The summed E-state index contributed by atoms with van der Waals surface area (Å²) in [7, 11) is 1.41. The number of amides is 2. The summed E-state index contributed by atoms with van der Waals surface area (Å²) >= 11 is 0. The maximum atomic E-state index is 13.3. The van der Waals surface area contributed by atoms with Crippen LogP contribution in [-0.2, 0) is 0 Å². The van der Waals surface area contributed by atoms with Gasteiger partial charge in [0.1, 0.15) is 5.75 Å². The molecule has 0 aliphatic rings. The number of nitrogens with one attached hydrogen (secondary N) is 2. The molecule has 2 amide bonds. The first kappa shape index (κ1) is 19.0. The average molecular weight is 383 g/mol. The van der Waals surface area contributed by atoms with Gasteiger partial charge in [-0.1, -0.05) is 0 Å². The normalized spacial score (nSPS) is 10.2. The fraction of sp³-hybridized carbons (Fsp3) is 0.0500. The Balaban J connectivity index is 1.76. The number of carbonyl (C=O) groups excluding carboxylic acids is 2. The van der Waals surface area contributed by atoms with Gasteiger partial charge in [-0.25, -0.2) is 8.78 Å². The van der Waals surface area contributed by atoms with Crippen molar-refractivity contribution in [2.24, 2.45) is 0 Å². The fourth-order valence-corrected chi connectivity index (χ4v) is 2.40. The molecule has 1 heterocycles. The number of pyridine rings is 1. The molecule has 3 rings (SSSR count). The van der Waals surface area contributed by atoms with Crippen molar-refractivity contribution in [3.8, 4) is 5.75 Å². The van der Waals surface area contributed by atoms with E-state index in [2.05, 4.69) is 15.6 Å². The van der Waals surface area contributed by atoms with Crippen LogP contribution in [0.1, 0.15) is 20.7 Å². The van der Waals surface area contributed by atoms with E-state index in [9.17, 15) is 18.4 Å². The minimum Gasteiger partial charge on any atom is -0.494 e. The number of benzene rings is 2. The van der Waals surface area contributed by atoms with Crippen molar-refractivity contribution in [2.75, 3.05) is 17.7 Å². The van der Waals surface area contributed by atoms with E-state index >= 15 is 0 Å². The second kappa shape index (κ2) is 8.26. The standard InChI is InChI=1S/C20H15F2N3O3/c1-28-18-10-14(24-19(26)12-4-6-15(21)16(22)9-12)5-7-17(18)25-20(27)13-3-2-8-23-11-13/h2-11H,1H3,(H,24,26)(H,25,27). The predicted molar refractivity (Wildman–Crippen MR) is 99.5 cm³/mol. The Morgan fingerprint density at radius 1 is 0.929 bits per heavy atom. The second-order valence-corrected chi connectivity index (χ2v) is 5.69. The van der Waals surface area contributed by atoms with E-state index in [4.69, 9.17) is 4.74 Å². The Labute approximate surface area is 159 Å². The largest absolute Gasteiger partial charge is 0.494 e. The van der Waals surface area contributed by atoms with Gasteiger partial charge in [0, 0.05) is 29.7 Å². The first-order chi connectivity index (χ1) is 13.5. The Morgan fingerprint density at radius 3 is 2.39 bits per heavy atom. The van der Waals surface area contributed by atoms with Gasteiger partial charge in [-0.05, 0) is 42.5 Å². The van der Waals surface area contributed by atoms with Crippen LogP contribution in [0.25, 0.3) is 0 Å². The minimum atomic E-state index is -1.11. The number of aromatic nitrogens is 1. The number of hydrogen-bond donors (Lipinski definition) is 2. The number of nitrogens with zero attached hydrogens (tertiary/aromatic N) is 1. The van der Waals surface area contributed by atoms with E-state index in [0.717, 1.165) is 12.1 Å². The molecule has 0 aliphatic heterocycles. The lowest BCUT2D eigenvalue weighted by molar-refractivity contribution is 0.101. The van der Waals surface area contributed by atoms with Gasteiger partial charge in [0.2, 0.25) is 0 Å². The molecule has 3 aromatic rings. The molecule has 0 saturated carbocycles. The highest BCUT2D eigenvalue weighted by molar-refractivity contribution is 6.06. The van der Waals surface area contributed by atoms with Crippen LogP contribution in [0.15, 0.2) is 60.9 Å². The lowest BCUT2D eigenvalue weighted by Crippen LogP contribution is -2.14. The first-order valence-corrected chi connectivity index (χ1v) is 8.14. The molecule has 2 N–H and O–H groups in total. The van der Waals surface area contributed by atoms with Crippen LogP contribution in [0.5, 0.6) is 5.75 Å². The van der Waals surface area contributed by atoms with Gasteiger partial charge in [0.05, 0.1) is 18.4 Å². The molecule has 8 heteroatoms. The lowest BCUT2D eigenvalue weighted by Gasteiger charge is -2.13. The zero-order chi connectivity index (χ0) is 20.1. The van der Waals surface area contributed by atoms with Crippen molar-refractivity contribution in [1.82, 2.24) is 4.98 Å². The number of halogens is 2. The van der Waals surface area contributed by atoms with Crippen molar-refractivity contribution < 1.29 is 23.1 Å². The zero-order valence-electron chi connectivity index (χ0n) is 14.7. The van der Waals surface area contributed by atoms with Gasteiger partial charge in [-0.2, -0.15) is 0 Å². The summed E-state index contributed by atoms with van der Waals surface area (Å²) in [5.41, 5.74) is 1.08. The lowest BCUT2D eigenvalue weighted by atomic mass is 10.2. The Bertz CT molecular complexity index is 1030. The first-order valence-electron chi connectivity index (χ1n) is 8.14. The highest BCUT2D eigenvalue weighted by Crippen LogP contribution is 2.28. The van der Waals surface area contributed by atoms with E-state index in [1.165, 1.54) is 25.4 Å². The molecule has 0 unspecified atom stereocenters. The number of anilines is 2. The zero-order valence-corrected chi connectivity index (χ0v) is 14.7. The summed E-state index contributed by atoms with van der Waals surface area (Å²) in [6, 6.07) is 10.7. The van der Waals surface area contributed by atoms with Crippen molar-refractivity contribution in [3.05, 3.63) is 83.7 Å². The van der Waals surface area contributed by atoms with Crippen LogP contribution in [0.4, 0.5) is 20.2 Å². The van der Waals surface area contributed by atoms with E-state index in [0.29, 0.717) is 22.7 Å². The van der Waals surface area contributed by atoms with Crippen LogP contribution in [0.2, 0.25) is 0 Å². The fourth-order valence-electron chi connectivity index (χ4n) is 2.40. The highest BCUT2D eigenvalue weighted by Gasteiger charge is 2.13. The molecular weight excluding hydrogens is 368 g/mol. The quantitative estimate of drug-likeness (QED) is 0.701. The molecule has 0 fully saturated rings. The molecule has 6 nitrogen and oxygen atoms in total. The maximum absolute atomic E-state index is 13.3. The van der Waals surface area contributed by atoms with Gasteiger partial charge < -0.3 is 15.4 Å². The predicted octanol–water partition coefficient (Wildman–Crippen LogP) is 3.87. The van der Waals surface area contributed by atoms with Gasteiger partial charge >= 0.3 is 0 Å². The molecule has 0 saturated heterocycles. The SMILES string of the molecule is COc1cc(NC(=O)c2ccc(F)c(F)c2)ccc1NC(=O)c1cccnc1. The highest BCUT2D eigenvalue weighted by atomic mass is 19.2. The monoisotopic (exact) mass is 383 g/mol. The summed E-state index contributed by atoms with van der Waals surface area (Å²) in [5.74, 6) is -2.83. The Kier molecular flexibility index (Phi) is 5.59. The summed E-state index contributed by atoms with van der Waals surface area (Å²) in [5, 5.41) is 5.26. The summed E-state index contributed by atoms with van der Waals surface area (Å²) in [4.78, 5) is 28.3. The minimum absolute atomic E-state index is 0.0353. The Morgan fingerprint density at radius 2 is 1.71 bits per heavy atom. The van der Waals surface area contributed by atoms with E-state index in [-0.39, 0.29) is 11.5 Å². The van der Waals surface area contributed by atoms with Crippen molar-refractivity contribution in [2.45, 2.75) is 0 Å². The number of hydrogen-bond acceptors (Lipinski definition) is 4. The van der Waals surface area contributed by atoms with E-state index < -0.39 is 17.5 Å². The van der Waals surface area contributed by atoms with Gasteiger partial charge in [0.25, 0.3) is 11.8 Å². The van der Waals surface area contributed by atoms with Gasteiger partial charge in [0.15, 0.2) is 11.6 Å². The van der Waals surface area contributed by atoms with Crippen LogP contribution < -0.4 is 15.4 Å². The molecular formula is C20H15F2N3O3. The molecule has 2 aromatic carbocycles. The summed E-state index contributed by atoms with van der Waals surface area (Å²) < 4.78 is 31.5. The maximum Gasteiger partial charge on any atom is 0.257 e. The van der Waals surface area contributed by atoms with Crippen LogP contribution in [0.3, 0.4) is 0 Å². The van der Waals surface area contributed by atoms with Gasteiger partial charge in [-0.3, -0.25) is 14.6 Å². The van der Waals surface area contributed by atoms with E-state index in [1.54, 1.807) is 30.5 Å². The molecule has 28 heavy (non-hydrogen) atoms. The molecule has 1 aromatic heterocycles. The van der Waals surface area contributed by atoms with Crippen LogP contribution >= 0.6 is 0 Å². The van der Waals surface area contributed by atoms with Crippen LogP contribution in [0, 0.1) is 11.6 Å². The topological polar surface area (TPSA) is 80.3 Å². The van der Waals surface area contributed by atoms with E-state index in [1.807, 2.05) is 0 Å². The second-order valence-electron chi connectivity index (χ2n) is 5.69. The number of methoxy groups -OCH3 is 1. The Hall–Kier alpha value is -3.81. The molecule has 0 radical (unpaired) electrons. The van der Waals surface area contributed by atoms with Gasteiger partial charge in [-0.15, -0.1) is 0 Å². The number of rotatable bonds is 5. The summed E-state index contributed by atoms with van der Waals surface area (Å²) in [6.45, 7) is 0. The van der Waals surface area contributed by atoms with Crippen LogP contribution in [-0.4, -0.2) is 23.9 Å². The van der Waals surface area contributed by atoms with Crippen molar-refractivity contribution >= 4 is 23.2 Å². The molecule has 0 aliphatic carbocycles. The smallest absolute Gasteiger partial charge is 0.257 e.